The van der Waals surface area contributed by atoms with Gasteiger partial charge in [-0.3, -0.25) is 9.89 Å². The van der Waals surface area contributed by atoms with Gasteiger partial charge >= 0.3 is 0 Å². The maximum Gasteiger partial charge on any atom is 0.237 e. The molecule has 0 saturated carbocycles. The fraction of sp³-hybridized carbons (Fsp3) is 0.583. The normalized spacial score (nSPS) is 24.2. The van der Waals surface area contributed by atoms with Crippen LogP contribution in [0.1, 0.15) is 42.1 Å². The van der Waals surface area contributed by atoms with E-state index in [2.05, 4.69) is 15.5 Å². The summed E-state index contributed by atoms with van der Waals surface area (Å²) in [5.41, 5.74) is 7.93. The zero-order valence-corrected chi connectivity index (χ0v) is 21.5. The fourth-order valence-corrected chi connectivity index (χ4v) is 5.20. The summed E-state index contributed by atoms with van der Waals surface area (Å²) in [5.74, 6) is 0.712. The Morgan fingerprint density at radius 1 is 1.25 bits per heavy atom. The summed E-state index contributed by atoms with van der Waals surface area (Å²) in [6.45, 7) is 6.66. The smallest absolute Gasteiger partial charge is 0.237 e. The molecule has 0 radical (unpaired) electrons. The number of primary amides is 1. The summed E-state index contributed by atoms with van der Waals surface area (Å²) in [6.07, 6.45) is -3.55. The molecule has 1 amide bonds. The molecule has 5 atom stereocenters. The molecule has 1 saturated heterocycles. The summed E-state index contributed by atoms with van der Waals surface area (Å²) in [4.78, 5) is 10.8. The van der Waals surface area contributed by atoms with Crippen LogP contribution in [0.5, 0.6) is 11.6 Å². The largest absolute Gasteiger partial charge is 0.492 e. The Bertz CT molecular complexity index is 1020. The van der Waals surface area contributed by atoms with Gasteiger partial charge in [0.05, 0.1) is 24.5 Å². The molecule has 0 aliphatic carbocycles. The monoisotopic (exact) mass is 524 g/mol. The van der Waals surface area contributed by atoms with Crippen molar-refractivity contribution in [3.05, 3.63) is 40.6 Å². The minimum Gasteiger partial charge on any atom is -0.492 e. The number of thioether (sulfide) groups is 1. The van der Waals surface area contributed by atoms with Crippen LogP contribution in [0.15, 0.2) is 18.2 Å². The lowest BCUT2D eigenvalue weighted by atomic mass is 9.97. The number of H-pyrrole nitrogens is 1. The number of aliphatic hydroxyl groups is 4. The summed E-state index contributed by atoms with van der Waals surface area (Å²) in [7, 11) is 0. The molecule has 36 heavy (non-hydrogen) atoms. The standard InChI is InChI=1S/C24H36N4O7S/c1-12(2)19-16(9-14-4-5-15(8-13(14)3)34-7-6-26-10-18(25)30)23(28-27-19)35-24-22(33)21(32)20(31)17(11-29)36-24/h4-5,8,12,17,20-22,24,26,29,31-33H,6-7,9-11H2,1-3H3,(H2,25,30)(H,27,28)/t17-,20-,21+,22-,24-/m1/s1. The second-order valence-electron chi connectivity index (χ2n) is 9.15. The predicted molar refractivity (Wildman–Crippen MR) is 135 cm³/mol. The van der Waals surface area contributed by atoms with Gasteiger partial charge in [0.2, 0.25) is 11.8 Å². The average molecular weight is 525 g/mol. The summed E-state index contributed by atoms with van der Waals surface area (Å²) in [6, 6.07) is 5.77. The number of benzene rings is 1. The van der Waals surface area contributed by atoms with Crippen LogP contribution in [0.4, 0.5) is 0 Å². The Kier molecular flexibility index (Phi) is 10.00. The van der Waals surface area contributed by atoms with E-state index in [-0.39, 0.29) is 19.1 Å². The zero-order chi connectivity index (χ0) is 26.4. The number of amides is 1. The number of hydrogen-bond donors (Lipinski definition) is 7. The van der Waals surface area contributed by atoms with Crippen LogP contribution in [-0.4, -0.2) is 91.8 Å². The van der Waals surface area contributed by atoms with Crippen molar-refractivity contribution in [2.45, 2.75) is 62.1 Å². The highest BCUT2D eigenvalue weighted by Crippen LogP contribution is 2.37. The van der Waals surface area contributed by atoms with Crippen molar-refractivity contribution >= 4 is 17.7 Å². The van der Waals surface area contributed by atoms with E-state index < -0.39 is 34.9 Å². The van der Waals surface area contributed by atoms with Gasteiger partial charge in [-0.1, -0.05) is 19.9 Å². The lowest BCUT2D eigenvalue weighted by Gasteiger charge is -2.38. The number of ether oxygens (including phenoxy) is 2. The molecule has 12 heteroatoms. The van der Waals surface area contributed by atoms with Crippen molar-refractivity contribution in [2.24, 2.45) is 5.73 Å². The molecule has 11 nitrogen and oxygen atoms in total. The van der Waals surface area contributed by atoms with Gasteiger partial charge in [-0.05, 0) is 36.1 Å². The number of nitrogens with two attached hydrogens (primary N) is 1. The van der Waals surface area contributed by atoms with Crippen LogP contribution in [0.2, 0.25) is 0 Å². The highest BCUT2D eigenvalue weighted by atomic mass is 32.2. The average Bonchev–Trinajstić information content (AvgIpc) is 3.23. The topological polar surface area (TPSA) is 183 Å². The van der Waals surface area contributed by atoms with Gasteiger partial charge in [-0.2, -0.15) is 0 Å². The Hall–Kier alpha value is -2.35. The first kappa shape index (κ1) is 28.2. The molecule has 1 aromatic carbocycles. The molecule has 8 N–H and O–H groups in total. The lowest BCUT2D eigenvalue weighted by Crippen LogP contribution is -2.55. The van der Waals surface area contributed by atoms with E-state index >= 15 is 0 Å². The third kappa shape index (κ3) is 6.90. The van der Waals surface area contributed by atoms with Gasteiger partial charge in [0, 0.05) is 24.2 Å². The molecule has 1 fully saturated rings. The number of nitrogens with one attached hydrogen (secondary N) is 2. The number of rotatable bonds is 12. The number of carbonyl (C=O) groups excluding carboxylic acids is 1. The maximum atomic E-state index is 10.8. The number of nitrogens with zero attached hydrogens (tertiary/aromatic N) is 1. The second-order valence-corrected chi connectivity index (χ2v) is 10.5. The van der Waals surface area contributed by atoms with E-state index in [1.165, 1.54) is 0 Å². The minimum absolute atomic E-state index is 0.102. The quantitative estimate of drug-likeness (QED) is 0.183. The number of aryl methyl sites for hydroxylation is 1. The molecule has 0 spiro atoms. The van der Waals surface area contributed by atoms with E-state index in [1.54, 1.807) is 0 Å². The van der Waals surface area contributed by atoms with Crippen molar-refractivity contribution < 1.29 is 34.7 Å². The second kappa shape index (κ2) is 12.7. The minimum atomic E-state index is -1.44. The third-order valence-electron chi connectivity index (χ3n) is 6.04. The van der Waals surface area contributed by atoms with Crippen molar-refractivity contribution in [3.8, 4) is 11.6 Å². The van der Waals surface area contributed by atoms with E-state index in [1.807, 2.05) is 39.0 Å². The van der Waals surface area contributed by atoms with Gasteiger partial charge < -0.3 is 41.0 Å². The van der Waals surface area contributed by atoms with Crippen LogP contribution in [0.3, 0.4) is 0 Å². The van der Waals surface area contributed by atoms with Gasteiger partial charge in [-0.25, -0.2) is 0 Å². The van der Waals surface area contributed by atoms with Gasteiger partial charge in [0.15, 0.2) is 5.44 Å². The van der Waals surface area contributed by atoms with Crippen LogP contribution in [-0.2, 0) is 11.2 Å². The number of hydrogen-bond acceptors (Lipinski definition) is 10. The first-order valence-electron chi connectivity index (χ1n) is 11.9. The number of carbonyl (C=O) groups is 1. The van der Waals surface area contributed by atoms with Crippen LogP contribution in [0.25, 0.3) is 0 Å². The third-order valence-corrected chi connectivity index (χ3v) is 7.46. The highest BCUT2D eigenvalue weighted by molar-refractivity contribution is 8.00. The van der Waals surface area contributed by atoms with E-state index in [4.69, 9.17) is 15.2 Å². The molecular weight excluding hydrogens is 488 g/mol. The fourth-order valence-electron chi connectivity index (χ4n) is 3.98. The van der Waals surface area contributed by atoms with Crippen LogP contribution < -0.4 is 20.5 Å². The van der Waals surface area contributed by atoms with Crippen molar-refractivity contribution in [2.75, 3.05) is 26.3 Å². The van der Waals surface area contributed by atoms with Crippen molar-refractivity contribution in [3.63, 3.8) is 0 Å². The number of aromatic nitrogens is 2. The first-order chi connectivity index (χ1) is 17.1. The first-order valence-corrected chi connectivity index (χ1v) is 12.8. The van der Waals surface area contributed by atoms with Crippen molar-refractivity contribution in [1.29, 1.82) is 0 Å². The zero-order valence-electron chi connectivity index (χ0n) is 20.7. The van der Waals surface area contributed by atoms with Crippen LogP contribution in [0, 0.1) is 6.92 Å². The molecule has 0 bridgehead atoms. The maximum absolute atomic E-state index is 10.8. The summed E-state index contributed by atoms with van der Waals surface area (Å²) >= 11 is 1.06. The van der Waals surface area contributed by atoms with Crippen LogP contribution >= 0.6 is 11.8 Å². The Balaban J connectivity index is 1.74. The van der Waals surface area contributed by atoms with Gasteiger partial charge in [0.25, 0.3) is 0 Å². The number of aromatic amines is 1. The van der Waals surface area contributed by atoms with Gasteiger partial charge in [-0.15, -0.1) is 16.9 Å². The predicted octanol–water partition coefficient (Wildman–Crippen LogP) is -0.219. The molecule has 200 valence electrons. The molecule has 1 aromatic heterocycles. The molecule has 1 aliphatic rings. The highest BCUT2D eigenvalue weighted by Gasteiger charge is 2.44. The molecule has 1 aliphatic heterocycles. The van der Waals surface area contributed by atoms with Crippen molar-refractivity contribution in [1.82, 2.24) is 15.5 Å². The Labute approximate surface area is 214 Å². The Morgan fingerprint density at radius 3 is 2.64 bits per heavy atom. The van der Waals surface area contributed by atoms with E-state index in [0.717, 1.165) is 34.1 Å². The van der Waals surface area contributed by atoms with E-state index in [0.29, 0.717) is 31.2 Å². The van der Waals surface area contributed by atoms with Gasteiger partial charge in [0.1, 0.15) is 24.6 Å². The SMILES string of the molecule is Cc1cc(OCCNCC(N)=O)ccc1Cc1c(O[C@@H]2S[C@H](CO)[C@@H](O)[C@H](O)[C@H]2O)n[nH]c1C(C)C. The lowest BCUT2D eigenvalue weighted by molar-refractivity contribution is -0.117. The molecule has 2 aromatic rings. The molecule has 2 heterocycles. The van der Waals surface area contributed by atoms with E-state index in [9.17, 15) is 25.2 Å². The molecule has 3 rings (SSSR count). The summed E-state index contributed by atoms with van der Waals surface area (Å²) < 4.78 is 11.8. The molecular formula is C24H36N4O7S. The number of aliphatic hydroxyl groups excluding tert-OH is 4. The molecule has 0 unspecified atom stereocenters. The summed E-state index contributed by atoms with van der Waals surface area (Å²) in [5, 5.41) is 49.9. The Morgan fingerprint density at radius 2 is 2.00 bits per heavy atom.